The number of alkyl halides is 2. The zero-order valence-corrected chi connectivity index (χ0v) is 22.0. The number of amides is 2. The summed E-state index contributed by atoms with van der Waals surface area (Å²) in [6, 6.07) is 12.2. The third kappa shape index (κ3) is 6.39. The fourth-order valence-electron chi connectivity index (χ4n) is 4.85. The molecule has 2 N–H and O–H groups in total. The van der Waals surface area contributed by atoms with Crippen LogP contribution >= 0.6 is 0 Å². The number of carbonyl (C=O) groups is 2. The van der Waals surface area contributed by atoms with E-state index >= 15 is 0 Å². The molecule has 2 aromatic carbocycles. The van der Waals surface area contributed by atoms with Crippen molar-refractivity contribution in [2.45, 2.75) is 71.1 Å². The Labute approximate surface area is 216 Å². The Morgan fingerprint density at radius 1 is 1.11 bits per heavy atom. The quantitative estimate of drug-likeness (QED) is 0.392. The molecular formula is C28H36F2N2O5. The smallest absolute Gasteiger partial charge is 0.329 e. The maximum atomic E-state index is 13.7. The number of aliphatic carboxylic acids is 1. The molecule has 2 amide bonds. The van der Waals surface area contributed by atoms with Gasteiger partial charge in [-0.1, -0.05) is 42.5 Å². The number of benzene rings is 2. The zero-order valence-electron chi connectivity index (χ0n) is 22.0. The van der Waals surface area contributed by atoms with Crippen LogP contribution in [-0.4, -0.2) is 53.2 Å². The normalized spacial score (nSPS) is 17.3. The lowest BCUT2D eigenvalue weighted by Crippen LogP contribution is -2.68. The van der Waals surface area contributed by atoms with Crippen LogP contribution in [0, 0.1) is 13.8 Å². The van der Waals surface area contributed by atoms with E-state index < -0.39 is 42.3 Å². The third-order valence-corrected chi connectivity index (χ3v) is 6.96. The fourth-order valence-corrected chi connectivity index (χ4v) is 4.85. The van der Waals surface area contributed by atoms with Crippen LogP contribution in [0.5, 0.6) is 5.75 Å². The van der Waals surface area contributed by atoms with Crippen molar-refractivity contribution >= 4 is 12.0 Å². The van der Waals surface area contributed by atoms with Gasteiger partial charge in [0.1, 0.15) is 5.75 Å². The number of rotatable bonds is 11. The molecule has 0 saturated heterocycles. The summed E-state index contributed by atoms with van der Waals surface area (Å²) in [6.45, 7) is 10.2. The molecule has 0 aliphatic heterocycles. The maximum Gasteiger partial charge on any atom is 0.329 e. The number of carboxylic acids is 1. The Hall–Kier alpha value is -3.20. The van der Waals surface area contributed by atoms with Gasteiger partial charge in [0.05, 0.1) is 25.4 Å². The number of nitrogens with one attached hydrogen (secondary N) is 1. The second kappa shape index (κ2) is 11.5. The van der Waals surface area contributed by atoms with Crippen LogP contribution in [0.3, 0.4) is 0 Å². The Balaban J connectivity index is 1.85. The highest BCUT2D eigenvalue weighted by molar-refractivity contribution is 5.88. The molecule has 37 heavy (non-hydrogen) atoms. The summed E-state index contributed by atoms with van der Waals surface area (Å²) >= 11 is 0. The predicted octanol–water partition coefficient (Wildman–Crippen LogP) is 5.81. The number of nitrogens with zero attached hydrogens (tertiary/aromatic N) is 1. The molecule has 1 unspecified atom stereocenters. The number of carboxylic acid groups (broad SMARTS) is 1. The Bertz CT molecular complexity index is 1100. The van der Waals surface area contributed by atoms with E-state index in [2.05, 4.69) is 5.32 Å². The summed E-state index contributed by atoms with van der Waals surface area (Å²) in [6.07, 6.45) is -2.12. The van der Waals surface area contributed by atoms with Crippen LogP contribution in [0.4, 0.5) is 13.6 Å². The van der Waals surface area contributed by atoms with Gasteiger partial charge in [0, 0.05) is 19.4 Å². The molecule has 202 valence electrons. The molecule has 1 aliphatic rings. The SMILES string of the molecule is CCOc1c(C)ccc([C@@H](C)N(CCOC(C)c2ccccc2)C(=O)NC2(C(=O)O)CC(F)(F)C2)c1C. The number of hydrogen-bond acceptors (Lipinski definition) is 4. The van der Waals surface area contributed by atoms with Gasteiger partial charge in [0.15, 0.2) is 5.54 Å². The van der Waals surface area contributed by atoms with Crippen LogP contribution in [-0.2, 0) is 9.53 Å². The van der Waals surface area contributed by atoms with Crippen molar-refractivity contribution in [1.82, 2.24) is 10.2 Å². The minimum Gasteiger partial charge on any atom is -0.493 e. The topological polar surface area (TPSA) is 88.1 Å². The molecular weight excluding hydrogens is 482 g/mol. The van der Waals surface area contributed by atoms with Gasteiger partial charge in [-0.05, 0) is 56.9 Å². The van der Waals surface area contributed by atoms with Gasteiger partial charge in [-0.25, -0.2) is 18.4 Å². The lowest BCUT2D eigenvalue weighted by atomic mass is 9.73. The Kier molecular flexibility index (Phi) is 8.79. The predicted molar refractivity (Wildman–Crippen MR) is 136 cm³/mol. The Morgan fingerprint density at radius 2 is 1.76 bits per heavy atom. The van der Waals surface area contributed by atoms with Crippen molar-refractivity contribution in [3.8, 4) is 5.75 Å². The van der Waals surface area contributed by atoms with Gasteiger partial charge in [-0.15, -0.1) is 0 Å². The first-order valence-electron chi connectivity index (χ1n) is 12.5. The first-order valence-corrected chi connectivity index (χ1v) is 12.5. The van der Waals surface area contributed by atoms with Crippen molar-refractivity contribution in [2.75, 3.05) is 19.8 Å². The molecule has 0 heterocycles. The number of halogens is 2. The monoisotopic (exact) mass is 518 g/mol. The number of hydrogen-bond donors (Lipinski definition) is 2. The van der Waals surface area contributed by atoms with Gasteiger partial charge in [-0.2, -0.15) is 0 Å². The molecule has 2 aromatic rings. The average Bonchev–Trinajstić information content (AvgIpc) is 2.83. The molecule has 0 bridgehead atoms. The second-order valence-electron chi connectivity index (χ2n) is 9.68. The van der Waals surface area contributed by atoms with Crippen LogP contribution in [0.2, 0.25) is 0 Å². The number of carbonyl (C=O) groups excluding carboxylic acids is 1. The van der Waals surface area contributed by atoms with E-state index in [4.69, 9.17) is 9.47 Å². The van der Waals surface area contributed by atoms with Gasteiger partial charge >= 0.3 is 12.0 Å². The number of urea groups is 1. The van der Waals surface area contributed by atoms with Crippen LogP contribution in [0.1, 0.15) is 68.0 Å². The summed E-state index contributed by atoms with van der Waals surface area (Å²) in [5.74, 6) is -3.88. The molecule has 3 rings (SSSR count). The number of aryl methyl sites for hydroxylation is 1. The van der Waals surface area contributed by atoms with E-state index in [1.54, 1.807) is 0 Å². The van der Waals surface area contributed by atoms with E-state index in [0.717, 1.165) is 28.0 Å². The summed E-state index contributed by atoms with van der Waals surface area (Å²) in [5.41, 5.74) is 1.59. The van der Waals surface area contributed by atoms with Gasteiger partial charge in [0.25, 0.3) is 5.92 Å². The van der Waals surface area contributed by atoms with Gasteiger partial charge in [-0.3, -0.25) is 0 Å². The third-order valence-electron chi connectivity index (χ3n) is 6.96. The van der Waals surface area contributed by atoms with E-state index in [9.17, 15) is 23.5 Å². The molecule has 0 radical (unpaired) electrons. The standard InChI is InChI=1S/C28H36F2N2O5/c1-6-36-24-18(2)12-13-23(19(24)3)20(4)32(14-15-37-21(5)22-10-8-7-9-11-22)26(35)31-27(25(33)34)16-28(29,30)17-27/h7-13,20-21H,6,14-17H2,1-5H3,(H,31,35)(H,33,34)/t20-,21?/m1/s1. The van der Waals surface area contributed by atoms with Crippen molar-refractivity contribution in [3.63, 3.8) is 0 Å². The average molecular weight is 519 g/mol. The summed E-state index contributed by atoms with van der Waals surface area (Å²) < 4.78 is 39.1. The molecule has 2 atom stereocenters. The van der Waals surface area contributed by atoms with E-state index in [1.165, 1.54) is 4.90 Å². The minimum absolute atomic E-state index is 0.119. The van der Waals surface area contributed by atoms with Crippen molar-refractivity contribution in [1.29, 1.82) is 0 Å². The molecule has 0 aromatic heterocycles. The lowest BCUT2D eigenvalue weighted by molar-refractivity contribution is -0.175. The van der Waals surface area contributed by atoms with E-state index in [-0.39, 0.29) is 19.3 Å². The highest BCUT2D eigenvalue weighted by Crippen LogP contribution is 2.46. The molecule has 1 saturated carbocycles. The summed E-state index contributed by atoms with van der Waals surface area (Å²) in [7, 11) is 0. The highest BCUT2D eigenvalue weighted by Gasteiger charge is 2.62. The largest absolute Gasteiger partial charge is 0.493 e. The van der Waals surface area contributed by atoms with Crippen LogP contribution in [0.15, 0.2) is 42.5 Å². The van der Waals surface area contributed by atoms with Crippen molar-refractivity contribution in [3.05, 3.63) is 64.7 Å². The summed E-state index contributed by atoms with van der Waals surface area (Å²) in [5, 5.41) is 12.0. The molecule has 1 fully saturated rings. The molecule has 1 aliphatic carbocycles. The number of ether oxygens (including phenoxy) is 2. The minimum atomic E-state index is -3.13. The molecule has 7 nitrogen and oxygen atoms in total. The Morgan fingerprint density at radius 3 is 2.32 bits per heavy atom. The zero-order chi connectivity index (χ0) is 27.4. The molecule has 0 spiro atoms. The van der Waals surface area contributed by atoms with E-state index in [0.29, 0.717) is 6.61 Å². The lowest BCUT2D eigenvalue weighted by Gasteiger charge is -2.45. The van der Waals surface area contributed by atoms with Gasteiger partial charge in [0.2, 0.25) is 0 Å². The van der Waals surface area contributed by atoms with Crippen LogP contribution < -0.4 is 10.1 Å². The second-order valence-corrected chi connectivity index (χ2v) is 9.68. The highest BCUT2D eigenvalue weighted by atomic mass is 19.3. The first kappa shape index (κ1) is 28.4. The first-order chi connectivity index (χ1) is 17.4. The van der Waals surface area contributed by atoms with Crippen molar-refractivity contribution < 1.29 is 33.0 Å². The van der Waals surface area contributed by atoms with E-state index in [1.807, 2.05) is 77.1 Å². The molecule has 9 heteroatoms. The van der Waals surface area contributed by atoms with Crippen LogP contribution in [0.25, 0.3) is 0 Å². The summed E-state index contributed by atoms with van der Waals surface area (Å²) in [4.78, 5) is 26.7. The van der Waals surface area contributed by atoms with Gasteiger partial charge < -0.3 is 24.8 Å². The van der Waals surface area contributed by atoms with Crippen molar-refractivity contribution in [2.24, 2.45) is 0 Å². The fraction of sp³-hybridized carbons (Fsp3) is 0.500. The maximum absolute atomic E-state index is 13.7.